The normalized spacial score (nSPS) is 23.0. The molecule has 0 atom stereocenters. The van der Waals surface area contributed by atoms with Crippen molar-refractivity contribution >= 4 is 11.9 Å². The molecule has 2 N–H and O–H groups in total. The van der Waals surface area contributed by atoms with Crippen molar-refractivity contribution in [1.82, 2.24) is 0 Å². The molecule has 0 spiro atoms. The summed E-state index contributed by atoms with van der Waals surface area (Å²) in [4.78, 5) is 21.0. The number of hydrogen-bond acceptors (Lipinski definition) is 2. The Labute approximate surface area is 115 Å². The second-order valence-corrected chi connectivity index (χ2v) is 6.10. The SMILES string of the molecule is CC1(C(=O)O)CCCCC1.O=C(O)C1CCCCC1. The third-order valence-electron chi connectivity index (χ3n) is 4.43. The lowest BCUT2D eigenvalue weighted by Gasteiger charge is -2.28. The summed E-state index contributed by atoms with van der Waals surface area (Å²) in [5.41, 5.74) is -0.405. The molecule has 0 aromatic heterocycles. The standard InChI is InChI=1S/C8H14O2.C7H12O2/c1-8(7(9)10)5-3-2-4-6-8;8-7(9)6-4-2-1-3-5-6/h2-6H2,1H3,(H,9,10);6H,1-5H2,(H,8,9). The molecule has 2 saturated carbocycles. The van der Waals surface area contributed by atoms with Crippen LogP contribution >= 0.6 is 0 Å². The summed E-state index contributed by atoms with van der Waals surface area (Å²) in [7, 11) is 0. The summed E-state index contributed by atoms with van der Waals surface area (Å²) >= 11 is 0. The third-order valence-corrected chi connectivity index (χ3v) is 4.43. The molecule has 4 heteroatoms. The average Bonchev–Trinajstić information content (AvgIpc) is 2.41. The first-order valence-electron chi connectivity index (χ1n) is 7.42. The van der Waals surface area contributed by atoms with Crippen LogP contribution in [0.15, 0.2) is 0 Å². The Hall–Kier alpha value is -1.06. The van der Waals surface area contributed by atoms with E-state index in [4.69, 9.17) is 10.2 Å². The zero-order valence-corrected chi connectivity index (χ0v) is 11.9. The van der Waals surface area contributed by atoms with Crippen LogP contribution in [-0.4, -0.2) is 22.2 Å². The largest absolute Gasteiger partial charge is 0.481 e. The molecule has 2 fully saturated rings. The van der Waals surface area contributed by atoms with Crippen LogP contribution in [0.5, 0.6) is 0 Å². The van der Waals surface area contributed by atoms with E-state index >= 15 is 0 Å². The predicted octanol–water partition coefficient (Wildman–Crippen LogP) is 3.69. The summed E-state index contributed by atoms with van der Waals surface area (Å²) in [6, 6.07) is 0. The lowest BCUT2D eigenvalue weighted by Crippen LogP contribution is -2.29. The molecule has 0 radical (unpaired) electrons. The van der Waals surface area contributed by atoms with E-state index in [-0.39, 0.29) is 5.92 Å². The van der Waals surface area contributed by atoms with Crippen molar-refractivity contribution in [3.63, 3.8) is 0 Å². The molecule has 19 heavy (non-hydrogen) atoms. The summed E-state index contributed by atoms with van der Waals surface area (Å²) < 4.78 is 0. The highest BCUT2D eigenvalue weighted by molar-refractivity contribution is 5.74. The second-order valence-electron chi connectivity index (χ2n) is 6.10. The first kappa shape index (κ1) is 16.0. The van der Waals surface area contributed by atoms with Crippen LogP contribution in [0.4, 0.5) is 0 Å². The molecule has 0 aromatic rings. The van der Waals surface area contributed by atoms with Gasteiger partial charge >= 0.3 is 11.9 Å². The van der Waals surface area contributed by atoms with Crippen LogP contribution in [0.3, 0.4) is 0 Å². The van der Waals surface area contributed by atoms with E-state index in [1.165, 1.54) is 12.8 Å². The monoisotopic (exact) mass is 270 g/mol. The fraction of sp³-hybridized carbons (Fsp3) is 0.867. The smallest absolute Gasteiger partial charge is 0.309 e. The maximum Gasteiger partial charge on any atom is 0.309 e. The zero-order valence-electron chi connectivity index (χ0n) is 11.9. The van der Waals surface area contributed by atoms with Gasteiger partial charge in [-0.25, -0.2) is 0 Å². The molecule has 2 aliphatic carbocycles. The van der Waals surface area contributed by atoms with Crippen molar-refractivity contribution in [2.24, 2.45) is 11.3 Å². The lowest BCUT2D eigenvalue weighted by molar-refractivity contribution is -0.149. The number of carboxylic acid groups (broad SMARTS) is 2. The minimum Gasteiger partial charge on any atom is -0.481 e. The van der Waals surface area contributed by atoms with Crippen LogP contribution in [0.1, 0.15) is 71.1 Å². The predicted molar refractivity (Wildman–Crippen MR) is 73.0 cm³/mol. The molecular weight excluding hydrogens is 244 g/mol. The minimum atomic E-state index is -0.618. The van der Waals surface area contributed by atoms with Crippen molar-refractivity contribution in [1.29, 1.82) is 0 Å². The molecule has 0 bridgehead atoms. The van der Waals surface area contributed by atoms with Gasteiger partial charge in [0.15, 0.2) is 0 Å². The van der Waals surface area contributed by atoms with Crippen LogP contribution in [0, 0.1) is 11.3 Å². The molecule has 0 amide bonds. The van der Waals surface area contributed by atoms with E-state index < -0.39 is 17.4 Å². The highest BCUT2D eigenvalue weighted by Gasteiger charge is 2.33. The molecule has 4 nitrogen and oxygen atoms in total. The van der Waals surface area contributed by atoms with Crippen LogP contribution in [0.25, 0.3) is 0 Å². The first-order valence-corrected chi connectivity index (χ1v) is 7.42. The Kier molecular flexibility index (Phi) is 6.32. The van der Waals surface area contributed by atoms with Gasteiger partial charge in [-0.3, -0.25) is 9.59 Å². The van der Waals surface area contributed by atoms with Gasteiger partial charge in [-0.2, -0.15) is 0 Å². The maximum absolute atomic E-state index is 10.7. The maximum atomic E-state index is 10.7. The summed E-state index contributed by atoms with van der Waals surface area (Å²) in [5, 5.41) is 17.3. The molecule has 2 rings (SSSR count). The first-order chi connectivity index (χ1) is 8.96. The number of carbonyl (C=O) groups is 2. The number of rotatable bonds is 2. The van der Waals surface area contributed by atoms with Crippen molar-refractivity contribution in [2.75, 3.05) is 0 Å². The molecule has 110 valence electrons. The molecule has 0 aliphatic heterocycles. The van der Waals surface area contributed by atoms with E-state index in [1.54, 1.807) is 0 Å². The highest BCUT2D eigenvalue weighted by Crippen LogP contribution is 2.35. The van der Waals surface area contributed by atoms with Gasteiger partial charge in [0, 0.05) is 0 Å². The highest BCUT2D eigenvalue weighted by atomic mass is 16.4. The number of aliphatic carboxylic acids is 2. The van der Waals surface area contributed by atoms with Gasteiger partial charge in [-0.1, -0.05) is 38.5 Å². The lowest BCUT2D eigenvalue weighted by atomic mass is 9.76. The number of hydrogen-bond donors (Lipinski definition) is 2. The molecular formula is C15H26O4. The quantitative estimate of drug-likeness (QED) is 0.802. The molecule has 0 unspecified atom stereocenters. The Bertz CT molecular complexity index is 299. The van der Waals surface area contributed by atoms with Gasteiger partial charge in [0.1, 0.15) is 0 Å². The van der Waals surface area contributed by atoms with E-state index in [9.17, 15) is 9.59 Å². The van der Waals surface area contributed by atoms with Crippen molar-refractivity contribution in [2.45, 2.75) is 71.1 Å². The van der Waals surface area contributed by atoms with E-state index in [0.717, 1.165) is 51.4 Å². The Balaban J connectivity index is 0.000000191. The summed E-state index contributed by atoms with van der Waals surface area (Å²) in [5.74, 6) is -1.25. The molecule has 0 saturated heterocycles. The number of carboxylic acids is 2. The van der Waals surface area contributed by atoms with Crippen molar-refractivity contribution in [3.8, 4) is 0 Å². The minimum absolute atomic E-state index is 0.0289. The Morgan fingerprint density at radius 3 is 1.68 bits per heavy atom. The fourth-order valence-electron chi connectivity index (χ4n) is 2.90. The van der Waals surface area contributed by atoms with Crippen molar-refractivity contribution < 1.29 is 19.8 Å². The second kappa shape index (κ2) is 7.51. The molecule has 0 aromatic carbocycles. The molecule has 0 heterocycles. The van der Waals surface area contributed by atoms with Gasteiger partial charge in [0.2, 0.25) is 0 Å². The fourth-order valence-corrected chi connectivity index (χ4v) is 2.90. The average molecular weight is 270 g/mol. The third kappa shape index (κ3) is 5.21. The van der Waals surface area contributed by atoms with Crippen LogP contribution < -0.4 is 0 Å². The van der Waals surface area contributed by atoms with Gasteiger partial charge in [0.25, 0.3) is 0 Å². The van der Waals surface area contributed by atoms with Crippen molar-refractivity contribution in [3.05, 3.63) is 0 Å². The van der Waals surface area contributed by atoms with Gasteiger partial charge < -0.3 is 10.2 Å². The van der Waals surface area contributed by atoms with E-state index in [2.05, 4.69) is 0 Å². The van der Waals surface area contributed by atoms with Crippen LogP contribution in [-0.2, 0) is 9.59 Å². The van der Waals surface area contributed by atoms with Gasteiger partial charge in [0.05, 0.1) is 11.3 Å². The Morgan fingerprint density at radius 1 is 0.895 bits per heavy atom. The van der Waals surface area contributed by atoms with E-state index in [0.29, 0.717) is 0 Å². The van der Waals surface area contributed by atoms with Gasteiger partial charge in [-0.05, 0) is 32.6 Å². The molecule has 2 aliphatic rings. The van der Waals surface area contributed by atoms with Gasteiger partial charge in [-0.15, -0.1) is 0 Å². The topological polar surface area (TPSA) is 74.6 Å². The zero-order chi connectivity index (χ0) is 14.3. The summed E-state index contributed by atoms with van der Waals surface area (Å²) in [6.45, 7) is 1.86. The Morgan fingerprint density at radius 2 is 1.37 bits per heavy atom. The van der Waals surface area contributed by atoms with Crippen LogP contribution in [0.2, 0.25) is 0 Å². The summed E-state index contributed by atoms with van der Waals surface area (Å²) in [6.07, 6.45) is 10.3. The van der Waals surface area contributed by atoms with E-state index in [1.807, 2.05) is 6.92 Å².